The Bertz CT molecular complexity index is 763. The van der Waals surface area contributed by atoms with Crippen molar-refractivity contribution in [1.82, 2.24) is 19.7 Å². The summed E-state index contributed by atoms with van der Waals surface area (Å²) in [7, 11) is 9.98. The number of aryl methyl sites for hydroxylation is 1. The Kier molecular flexibility index (Phi) is 10.9. The van der Waals surface area contributed by atoms with Crippen LogP contribution in [0.4, 0.5) is 0 Å². The lowest BCUT2D eigenvalue weighted by atomic mass is 10.2. The third-order valence-corrected chi connectivity index (χ3v) is 4.69. The number of ether oxygens (including phenoxy) is 1. The van der Waals surface area contributed by atoms with E-state index in [0.29, 0.717) is 13.2 Å². The molecule has 8 heteroatoms. The number of guanidine groups is 1. The molecular formula is C20H31BrIN5O. The molecule has 0 aliphatic carbocycles. The standard InChI is InChI=1S/C20H30BrN5O.HI/c1-22-20(26(5)15-18-12-17(21)14-25(18)4)23-13-16-8-6-7-9-19(16)27-11-10-24(2)3;/h6-9,12,14H,10-11,13,15H2,1-5H3,(H,22,23);1H. The molecule has 0 aliphatic heterocycles. The van der Waals surface area contributed by atoms with E-state index < -0.39 is 0 Å². The maximum atomic E-state index is 5.94. The van der Waals surface area contributed by atoms with Gasteiger partial charge in [0.25, 0.3) is 0 Å². The number of halogens is 2. The van der Waals surface area contributed by atoms with Crippen LogP contribution in [0.5, 0.6) is 5.75 Å². The van der Waals surface area contributed by atoms with Gasteiger partial charge in [-0.05, 0) is 42.2 Å². The Morgan fingerprint density at radius 3 is 2.57 bits per heavy atom. The number of nitrogens with zero attached hydrogens (tertiary/aromatic N) is 4. The predicted octanol–water partition coefficient (Wildman–Crippen LogP) is 3.55. The van der Waals surface area contributed by atoms with Crippen molar-refractivity contribution in [3.05, 3.63) is 52.3 Å². The lowest BCUT2D eigenvalue weighted by Gasteiger charge is -2.23. The summed E-state index contributed by atoms with van der Waals surface area (Å²) < 4.78 is 9.14. The molecule has 28 heavy (non-hydrogen) atoms. The van der Waals surface area contributed by atoms with Gasteiger partial charge in [-0.2, -0.15) is 0 Å². The van der Waals surface area contributed by atoms with Gasteiger partial charge in [0.05, 0.1) is 6.54 Å². The Morgan fingerprint density at radius 1 is 1.25 bits per heavy atom. The summed E-state index contributed by atoms with van der Waals surface area (Å²) in [6, 6.07) is 10.3. The highest BCUT2D eigenvalue weighted by Crippen LogP contribution is 2.18. The van der Waals surface area contributed by atoms with Gasteiger partial charge in [0.2, 0.25) is 0 Å². The van der Waals surface area contributed by atoms with Crippen molar-refractivity contribution < 1.29 is 4.74 Å². The van der Waals surface area contributed by atoms with Crippen molar-refractivity contribution >= 4 is 45.9 Å². The van der Waals surface area contributed by atoms with E-state index in [4.69, 9.17) is 4.74 Å². The van der Waals surface area contributed by atoms with Gasteiger partial charge in [0.15, 0.2) is 5.96 Å². The van der Waals surface area contributed by atoms with Gasteiger partial charge in [-0.1, -0.05) is 18.2 Å². The Labute approximate surface area is 194 Å². The molecule has 0 saturated carbocycles. The molecule has 0 atom stereocenters. The monoisotopic (exact) mass is 563 g/mol. The summed E-state index contributed by atoms with van der Waals surface area (Å²) in [4.78, 5) is 8.63. The van der Waals surface area contributed by atoms with Crippen LogP contribution in [-0.4, -0.2) is 61.7 Å². The van der Waals surface area contributed by atoms with Crippen molar-refractivity contribution in [2.75, 3.05) is 41.3 Å². The van der Waals surface area contributed by atoms with Crippen LogP contribution in [0.2, 0.25) is 0 Å². The van der Waals surface area contributed by atoms with E-state index in [-0.39, 0.29) is 24.0 Å². The van der Waals surface area contributed by atoms with Crippen LogP contribution in [0, 0.1) is 0 Å². The summed E-state index contributed by atoms with van der Waals surface area (Å²) in [6.07, 6.45) is 2.06. The molecular weight excluding hydrogens is 533 g/mol. The Hall–Kier alpha value is -1.26. The molecule has 0 fully saturated rings. The smallest absolute Gasteiger partial charge is 0.194 e. The number of hydrogen-bond donors (Lipinski definition) is 1. The van der Waals surface area contributed by atoms with Crippen LogP contribution in [-0.2, 0) is 20.1 Å². The van der Waals surface area contributed by atoms with Crippen molar-refractivity contribution in [2.45, 2.75) is 13.1 Å². The van der Waals surface area contributed by atoms with Gasteiger partial charge in [-0.25, -0.2) is 0 Å². The Morgan fingerprint density at radius 2 is 1.96 bits per heavy atom. The number of hydrogen-bond acceptors (Lipinski definition) is 3. The first-order valence-corrected chi connectivity index (χ1v) is 9.78. The minimum atomic E-state index is 0. The van der Waals surface area contributed by atoms with Crippen LogP contribution in [0.25, 0.3) is 0 Å². The van der Waals surface area contributed by atoms with Gasteiger partial charge >= 0.3 is 0 Å². The molecule has 1 heterocycles. The molecule has 1 N–H and O–H groups in total. The number of aromatic nitrogens is 1. The number of likely N-dealkylation sites (N-methyl/N-ethyl adjacent to an activating group) is 1. The fourth-order valence-corrected chi connectivity index (χ4v) is 3.30. The summed E-state index contributed by atoms with van der Waals surface area (Å²) in [5, 5.41) is 3.44. The number of rotatable bonds is 8. The first-order valence-electron chi connectivity index (χ1n) is 8.98. The summed E-state index contributed by atoms with van der Waals surface area (Å²) >= 11 is 3.52. The molecule has 1 aromatic carbocycles. The van der Waals surface area contributed by atoms with Crippen LogP contribution < -0.4 is 10.1 Å². The topological polar surface area (TPSA) is 45.0 Å². The molecule has 6 nitrogen and oxygen atoms in total. The van der Waals surface area contributed by atoms with Crippen LogP contribution in [0.15, 0.2) is 46.0 Å². The average molecular weight is 564 g/mol. The molecule has 2 aromatic rings. The molecule has 0 unspecified atom stereocenters. The number of nitrogens with one attached hydrogen (secondary N) is 1. The SMILES string of the molecule is CN=C(NCc1ccccc1OCCN(C)C)N(C)Cc1cc(Br)cn1C.I. The van der Waals surface area contributed by atoms with Gasteiger partial charge in [-0.3, -0.25) is 4.99 Å². The second kappa shape index (κ2) is 12.3. The summed E-state index contributed by atoms with van der Waals surface area (Å²) in [5.74, 6) is 1.76. The lowest BCUT2D eigenvalue weighted by Crippen LogP contribution is -2.38. The molecule has 1 aromatic heterocycles. The molecule has 156 valence electrons. The van der Waals surface area contributed by atoms with E-state index in [1.165, 1.54) is 5.69 Å². The van der Waals surface area contributed by atoms with Gasteiger partial charge in [0, 0.05) is 56.2 Å². The average Bonchev–Trinajstić information content (AvgIpc) is 2.93. The molecule has 0 radical (unpaired) electrons. The molecule has 0 bridgehead atoms. The zero-order valence-electron chi connectivity index (χ0n) is 17.3. The van der Waals surface area contributed by atoms with E-state index in [1.807, 2.05) is 46.4 Å². The molecule has 0 spiro atoms. The normalized spacial score (nSPS) is 11.3. The fraction of sp³-hybridized carbons (Fsp3) is 0.450. The third-order valence-electron chi connectivity index (χ3n) is 4.25. The largest absolute Gasteiger partial charge is 0.492 e. The molecule has 0 aliphatic rings. The fourth-order valence-electron chi connectivity index (χ4n) is 2.73. The zero-order valence-corrected chi connectivity index (χ0v) is 21.2. The van der Waals surface area contributed by atoms with Gasteiger partial charge < -0.3 is 24.4 Å². The zero-order chi connectivity index (χ0) is 19.8. The van der Waals surface area contributed by atoms with Crippen LogP contribution in [0.1, 0.15) is 11.3 Å². The minimum absolute atomic E-state index is 0. The van der Waals surface area contributed by atoms with Crippen molar-refractivity contribution in [2.24, 2.45) is 12.0 Å². The quantitative estimate of drug-likeness (QED) is 0.303. The maximum absolute atomic E-state index is 5.94. The van der Waals surface area contributed by atoms with Crippen molar-refractivity contribution in [1.29, 1.82) is 0 Å². The number of benzene rings is 1. The Balaban J connectivity index is 0.00000392. The number of para-hydroxylation sites is 1. The van der Waals surface area contributed by atoms with E-state index in [9.17, 15) is 0 Å². The van der Waals surface area contributed by atoms with Gasteiger partial charge in [0.1, 0.15) is 12.4 Å². The maximum Gasteiger partial charge on any atom is 0.194 e. The third kappa shape index (κ3) is 7.63. The molecule has 2 rings (SSSR count). The van der Waals surface area contributed by atoms with Crippen LogP contribution >= 0.6 is 39.9 Å². The first kappa shape index (κ1) is 24.8. The second-order valence-electron chi connectivity index (χ2n) is 6.78. The van der Waals surface area contributed by atoms with Gasteiger partial charge in [-0.15, -0.1) is 24.0 Å². The minimum Gasteiger partial charge on any atom is -0.492 e. The predicted molar refractivity (Wildman–Crippen MR) is 131 cm³/mol. The van der Waals surface area contributed by atoms with E-state index in [0.717, 1.165) is 34.8 Å². The highest BCUT2D eigenvalue weighted by Gasteiger charge is 2.11. The van der Waals surface area contributed by atoms with E-state index in [1.54, 1.807) is 7.05 Å². The first-order chi connectivity index (χ1) is 12.9. The summed E-state index contributed by atoms with van der Waals surface area (Å²) in [6.45, 7) is 2.98. The molecule has 0 saturated heterocycles. The molecule has 0 amide bonds. The summed E-state index contributed by atoms with van der Waals surface area (Å²) in [5.41, 5.74) is 2.33. The van der Waals surface area contributed by atoms with Crippen molar-refractivity contribution in [3.63, 3.8) is 0 Å². The lowest BCUT2D eigenvalue weighted by molar-refractivity contribution is 0.259. The second-order valence-corrected chi connectivity index (χ2v) is 7.69. The highest BCUT2D eigenvalue weighted by atomic mass is 127. The van der Waals surface area contributed by atoms with Crippen LogP contribution in [0.3, 0.4) is 0 Å². The number of aliphatic imine (C=N–C) groups is 1. The highest BCUT2D eigenvalue weighted by molar-refractivity contribution is 14.0. The van der Waals surface area contributed by atoms with E-state index >= 15 is 0 Å². The van der Waals surface area contributed by atoms with E-state index in [2.05, 4.69) is 58.9 Å². The van der Waals surface area contributed by atoms with Crippen molar-refractivity contribution in [3.8, 4) is 5.75 Å².